The molecule has 1 aliphatic rings. The highest BCUT2D eigenvalue weighted by molar-refractivity contribution is 5.80. The molecule has 1 aromatic carbocycles. The molecule has 4 rings (SSSR count). The lowest BCUT2D eigenvalue weighted by Gasteiger charge is -2.31. The van der Waals surface area contributed by atoms with Gasteiger partial charge in [0.25, 0.3) is 5.56 Å². The Kier molecular flexibility index (Phi) is 6.93. The second-order valence-corrected chi connectivity index (χ2v) is 8.23. The van der Waals surface area contributed by atoms with Crippen LogP contribution >= 0.6 is 0 Å². The van der Waals surface area contributed by atoms with Gasteiger partial charge in [0.15, 0.2) is 0 Å². The minimum Gasteiger partial charge on any atom is -0.497 e. The monoisotopic (exact) mass is 427 g/mol. The van der Waals surface area contributed by atoms with Crippen LogP contribution in [0.3, 0.4) is 0 Å². The highest BCUT2D eigenvalue weighted by atomic mass is 16.5. The summed E-state index contributed by atoms with van der Waals surface area (Å²) < 4.78 is 12.3. The fourth-order valence-corrected chi connectivity index (χ4v) is 4.50. The molecule has 2 N–H and O–H groups in total. The standard InChI is InChI=1S/C22H30N6O3/c1-30-11-10-28-21(24-25-26-28)15-27(18-6-4-3-5-7-18)14-17-12-16-13-19(31-2)8-9-20(16)23-22(17)29/h8-9,12-13,18H,3-7,10-11,14-15H2,1-2H3,(H,23,29)/p+1. The number of rotatable bonds is 9. The Bertz CT molecular complexity index is 1060. The summed E-state index contributed by atoms with van der Waals surface area (Å²) in [6.07, 6.45) is 6.07. The maximum atomic E-state index is 12.9. The van der Waals surface area contributed by atoms with E-state index in [2.05, 4.69) is 20.5 Å². The van der Waals surface area contributed by atoms with Gasteiger partial charge in [0, 0.05) is 18.0 Å². The van der Waals surface area contributed by atoms with Gasteiger partial charge in [-0.05, 0) is 60.4 Å². The summed E-state index contributed by atoms with van der Waals surface area (Å²) >= 11 is 0. The molecule has 1 fully saturated rings. The lowest BCUT2D eigenvalue weighted by molar-refractivity contribution is -0.954. The number of quaternary nitrogens is 1. The Hall–Kier alpha value is -2.78. The van der Waals surface area contributed by atoms with Crippen molar-refractivity contribution < 1.29 is 14.4 Å². The van der Waals surface area contributed by atoms with Crippen molar-refractivity contribution in [3.05, 3.63) is 46.0 Å². The Morgan fingerprint density at radius 1 is 1.16 bits per heavy atom. The number of pyridine rings is 1. The van der Waals surface area contributed by atoms with E-state index in [0.29, 0.717) is 32.3 Å². The van der Waals surface area contributed by atoms with Crippen molar-refractivity contribution in [3.8, 4) is 5.75 Å². The van der Waals surface area contributed by atoms with Crippen molar-refractivity contribution >= 4 is 10.9 Å². The average molecular weight is 428 g/mol. The summed E-state index contributed by atoms with van der Waals surface area (Å²) in [5, 5.41) is 13.2. The second-order valence-electron chi connectivity index (χ2n) is 8.23. The van der Waals surface area contributed by atoms with E-state index in [9.17, 15) is 4.79 Å². The van der Waals surface area contributed by atoms with Gasteiger partial charge in [0.2, 0.25) is 5.82 Å². The quantitative estimate of drug-likeness (QED) is 0.530. The maximum absolute atomic E-state index is 12.9. The SMILES string of the molecule is COCCn1nnnc1C[NH+](Cc1cc2cc(OC)ccc2[nH]c1=O)C1CCCCC1. The molecular formula is C22H31N6O3+. The van der Waals surface area contributed by atoms with Gasteiger partial charge in [-0.2, -0.15) is 0 Å². The smallest absolute Gasteiger partial charge is 0.257 e. The zero-order valence-corrected chi connectivity index (χ0v) is 18.3. The normalized spacial score (nSPS) is 15.9. The molecule has 2 aromatic heterocycles. The number of aromatic amines is 1. The van der Waals surface area contributed by atoms with E-state index in [1.165, 1.54) is 24.2 Å². The number of ether oxygens (including phenoxy) is 2. The van der Waals surface area contributed by atoms with Crippen molar-refractivity contribution in [3.63, 3.8) is 0 Å². The van der Waals surface area contributed by atoms with Crippen LogP contribution in [0.1, 0.15) is 43.5 Å². The molecule has 9 heteroatoms. The Labute approximate surface area is 181 Å². The number of hydrogen-bond donors (Lipinski definition) is 2. The lowest BCUT2D eigenvalue weighted by Crippen LogP contribution is -3.13. The number of tetrazole rings is 1. The number of aromatic nitrogens is 5. The topological polar surface area (TPSA) is 99.4 Å². The van der Waals surface area contributed by atoms with Crippen LogP contribution in [0.2, 0.25) is 0 Å². The van der Waals surface area contributed by atoms with Crippen molar-refractivity contribution in [2.24, 2.45) is 0 Å². The molecular weight excluding hydrogens is 396 g/mol. The van der Waals surface area contributed by atoms with Crippen LogP contribution < -0.4 is 15.2 Å². The van der Waals surface area contributed by atoms with Gasteiger partial charge in [0.1, 0.15) is 18.8 Å². The first-order chi connectivity index (χ1) is 15.2. The van der Waals surface area contributed by atoms with E-state index in [0.717, 1.165) is 40.9 Å². The molecule has 2 heterocycles. The van der Waals surface area contributed by atoms with E-state index in [-0.39, 0.29) is 5.56 Å². The van der Waals surface area contributed by atoms with E-state index >= 15 is 0 Å². The first-order valence-corrected chi connectivity index (χ1v) is 11.0. The number of fused-ring (bicyclic) bond motifs is 1. The Morgan fingerprint density at radius 3 is 2.77 bits per heavy atom. The number of H-pyrrole nitrogens is 1. The molecule has 0 bridgehead atoms. The summed E-state index contributed by atoms with van der Waals surface area (Å²) in [5.74, 6) is 1.61. The molecule has 0 radical (unpaired) electrons. The molecule has 0 spiro atoms. The number of methoxy groups -OCH3 is 2. The number of nitrogens with one attached hydrogen (secondary N) is 2. The molecule has 1 aliphatic carbocycles. The molecule has 1 unspecified atom stereocenters. The zero-order valence-electron chi connectivity index (χ0n) is 18.3. The minimum absolute atomic E-state index is 0.0371. The van der Waals surface area contributed by atoms with Gasteiger partial charge in [-0.15, -0.1) is 5.10 Å². The number of nitrogens with zero attached hydrogens (tertiary/aromatic N) is 4. The Balaban J connectivity index is 1.62. The lowest BCUT2D eigenvalue weighted by atomic mass is 9.93. The largest absolute Gasteiger partial charge is 0.497 e. The summed E-state index contributed by atoms with van der Waals surface area (Å²) in [7, 11) is 3.32. The summed E-state index contributed by atoms with van der Waals surface area (Å²) in [4.78, 5) is 17.2. The van der Waals surface area contributed by atoms with Crippen LogP contribution in [-0.2, 0) is 24.4 Å². The van der Waals surface area contributed by atoms with Gasteiger partial charge in [0.05, 0.1) is 31.9 Å². The number of hydrogen-bond acceptors (Lipinski definition) is 6. The average Bonchev–Trinajstić information content (AvgIpc) is 3.24. The first kappa shape index (κ1) is 21.5. The van der Waals surface area contributed by atoms with Gasteiger partial charge in [-0.1, -0.05) is 6.42 Å². The van der Waals surface area contributed by atoms with Crippen molar-refractivity contribution in [2.75, 3.05) is 20.8 Å². The molecule has 1 atom stereocenters. The molecule has 0 aliphatic heterocycles. The van der Waals surface area contributed by atoms with Gasteiger partial charge >= 0.3 is 0 Å². The van der Waals surface area contributed by atoms with Crippen LogP contribution in [0, 0.1) is 0 Å². The predicted octanol–water partition coefficient (Wildman–Crippen LogP) is 1.09. The van der Waals surface area contributed by atoms with Crippen molar-refractivity contribution in [1.82, 2.24) is 25.2 Å². The van der Waals surface area contributed by atoms with Crippen LogP contribution in [-0.4, -0.2) is 52.1 Å². The van der Waals surface area contributed by atoms with E-state index in [1.807, 2.05) is 28.9 Å². The van der Waals surface area contributed by atoms with Crippen LogP contribution in [0.15, 0.2) is 29.1 Å². The fourth-order valence-electron chi connectivity index (χ4n) is 4.50. The molecule has 0 saturated heterocycles. The second kappa shape index (κ2) is 10.0. The predicted molar refractivity (Wildman–Crippen MR) is 116 cm³/mol. The number of benzene rings is 1. The van der Waals surface area contributed by atoms with E-state index < -0.39 is 0 Å². The van der Waals surface area contributed by atoms with E-state index in [1.54, 1.807) is 14.2 Å². The summed E-state index contributed by atoms with van der Waals surface area (Å²) in [5.41, 5.74) is 1.56. The molecule has 3 aromatic rings. The first-order valence-electron chi connectivity index (χ1n) is 11.0. The molecule has 166 valence electrons. The summed E-state index contributed by atoms with van der Waals surface area (Å²) in [6.45, 7) is 2.48. The summed E-state index contributed by atoms with van der Waals surface area (Å²) in [6, 6.07) is 8.18. The third-order valence-electron chi connectivity index (χ3n) is 6.23. The van der Waals surface area contributed by atoms with E-state index in [4.69, 9.17) is 9.47 Å². The highest BCUT2D eigenvalue weighted by Crippen LogP contribution is 2.19. The third kappa shape index (κ3) is 5.11. The van der Waals surface area contributed by atoms with Gasteiger partial charge in [-0.3, -0.25) is 4.79 Å². The molecule has 9 nitrogen and oxygen atoms in total. The minimum atomic E-state index is -0.0371. The molecule has 1 saturated carbocycles. The molecule has 31 heavy (non-hydrogen) atoms. The van der Waals surface area contributed by atoms with Crippen LogP contribution in [0.5, 0.6) is 5.75 Å². The van der Waals surface area contributed by atoms with Gasteiger partial charge in [-0.25, -0.2) is 4.68 Å². The van der Waals surface area contributed by atoms with Crippen LogP contribution in [0.25, 0.3) is 10.9 Å². The Morgan fingerprint density at radius 2 is 2.00 bits per heavy atom. The fraction of sp³-hybridized carbons (Fsp3) is 0.545. The maximum Gasteiger partial charge on any atom is 0.257 e. The molecule has 0 amide bonds. The van der Waals surface area contributed by atoms with Crippen molar-refractivity contribution in [2.45, 2.75) is 57.8 Å². The highest BCUT2D eigenvalue weighted by Gasteiger charge is 2.28. The van der Waals surface area contributed by atoms with Crippen molar-refractivity contribution in [1.29, 1.82) is 0 Å². The zero-order chi connectivity index (χ0) is 21.6. The van der Waals surface area contributed by atoms with Crippen LogP contribution in [0.4, 0.5) is 0 Å². The van der Waals surface area contributed by atoms with Gasteiger partial charge < -0.3 is 19.4 Å². The third-order valence-corrected chi connectivity index (χ3v) is 6.23.